The first-order valence-electron chi connectivity index (χ1n) is 11.1. The summed E-state index contributed by atoms with van der Waals surface area (Å²) in [6, 6.07) is 7.84. The van der Waals surface area contributed by atoms with Crippen molar-refractivity contribution >= 4 is 6.72 Å². The predicted octanol–water partition coefficient (Wildman–Crippen LogP) is 2.72. The summed E-state index contributed by atoms with van der Waals surface area (Å²) < 4.78 is 12.5. The van der Waals surface area contributed by atoms with Gasteiger partial charge < -0.3 is 14.6 Å². The van der Waals surface area contributed by atoms with Crippen molar-refractivity contribution in [2.24, 2.45) is 4.99 Å². The van der Waals surface area contributed by atoms with E-state index < -0.39 is 6.29 Å². The summed E-state index contributed by atoms with van der Waals surface area (Å²) in [5, 5.41) is 19.1. The lowest BCUT2D eigenvalue weighted by Crippen LogP contribution is -2.28. The molecular weight excluding hydrogens is 432 g/mol. The number of nitrogens with zero attached hydrogens (tertiary/aromatic N) is 6. The Hall–Kier alpha value is -3.58. The fourth-order valence-electron chi connectivity index (χ4n) is 4.15. The summed E-state index contributed by atoms with van der Waals surface area (Å²) in [6.45, 7) is 9.04. The largest absolute Gasteiger partial charge is 0.495 e. The second-order valence-electron chi connectivity index (χ2n) is 8.18. The second-order valence-corrected chi connectivity index (χ2v) is 8.18. The minimum absolute atomic E-state index is 0.387. The first-order valence-corrected chi connectivity index (χ1v) is 11.1. The van der Waals surface area contributed by atoms with Crippen molar-refractivity contribution in [2.75, 3.05) is 26.7 Å². The van der Waals surface area contributed by atoms with Crippen molar-refractivity contribution in [3.8, 4) is 17.6 Å². The van der Waals surface area contributed by atoms with Crippen LogP contribution >= 0.6 is 0 Å². The van der Waals surface area contributed by atoms with Gasteiger partial charge in [0.05, 0.1) is 32.2 Å². The van der Waals surface area contributed by atoms with Crippen molar-refractivity contribution < 1.29 is 14.6 Å². The fraction of sp³-hybridized carbons (Fsp3) is 0.360. The number of rotatable bonds is 10. The van der Waals surface area contributed by atoms with Crippen LogP contribution in [0.5, 0.6) is 5.75 Å². The minimum atomic E-state index is -0.821. The Morgan fingerprint density at radius 3 is 3.00 bits per heavy atom. The molecule has 0 saturated carbocycles. The van der Waals surface area contributed by atoms with Gasteiger partial charge in [0.15, 0.2) is 6.29 Å². The SMILES string of the molecule is C=NCCN(CCc1ccc2c(c1C)COC2O)Cc1cn(-c2cc(OC)c(C#N)cn2)cn1. The molecule has 0 fully saturated rings. The smallest absolute Gasteiger partial charge is 0.181 e. The average molecular weight is 461 g/mol. The number of fused-ring (bicyclic) bond motifs is 1. The number of nitriles is 1. The molecule has 1 unspecified atom stereocenters. The Balaban J connectivity index is 1.46. The molecule has 9 nitrogen and oxygen atoms in total. The van der Waals surface area contributed by atoms with E-state index in [4.69, 9.17) is 14.7 Å². The Morgan fingerprint density at radius 2 is 2.24 bits per heavy atom. The first kappa shape index (κ1) is 23.6. The molecule has 3 heterocycles. The van der Waals surface area contributed by atoms with Gasteiger partial charge in [-0.05, 0) is 36.8 Å². The number of imidazole rings is 1. The molecule has 3 aromatic rings. The maximum atomic E-state index is 9.93. The predicted molar refractivity (Wildman–Crippen MR) is 127 cm³/mol. The number of benzene rings is 1. The second kappa shape index (κ2) is 10.6. The molecule has 0 saturated heterocycles. The molecule has 0 bridgehead atoms. The summed E-state index contributed by atoms with van der Waals surface area (Å²) in [5.74, 6) is 1.11. The normalized spacial score (nSPS) is 14.7. The standard InChI is InChI=1S/C25H28N6O3/c1-17-18(4-5-21-22(17)15-34-25(21)32)6-8-30(9-7-27-2)13-20-14-31(16-29-20)24-10-23(33-3)19(11-26)12-28-24/h4-5,10,12,14,16,25,32H,2,6-9,13,15H2,1,3H3. The quantitative estimate of drug-likeness (QED) is 0.463. The van der Waals surface area contributed by atoms with Crippen LogP contribution < -0.4 is 4.74 Å². The number of aliphatic hydroxyl groups is 1. The molecule has 34 heavy (non-hydrogen) atoms. The van der Waals surface area contributed by atoms with Crippen LogP contribution in [0.25, 0.3) is 5.82 Å². The highest BCUT2D eigenvalue weighted by molar-refractivity contribution is 5.46. The van der Waals surface area contributed by atoms with Crippen LogP contribution in [0, 0.1) is 18.3 Å². The number of hydrogen-bond donors (Lipinski definition) is 1. The molecule has 0 aliphatic carbocycles. The molecule has 1 aliphatic rings. The van der Waals surface area contributed by atoms with E-state index in [0.29, 0.717) is 36.8 Å². The maximum absolute atomic E-state index is 9.93. The highest BCUT2D eigenvalue weighted by Crippen LogP contribution is 2.32. The van der Waals surface area contributed by atoms with Gasteiger partial charge >= 0.3 is 0 Å². The number of pyridine rings is 1. The van der Waals surface area contributed by atoms with Gasteiger partial charge in [0, 0.05) is 37.5 Å². The van der Waals surface area contributed by atoms with Crippen LogP contribution in [0.1, 0.15) is 39.8 Å². The third-order valence-corrected chi connectivity index (χ3v) is 6.15. The van der Waals surface area contributed by atoms with Crippen molar-refractivity contribution in [3.63, 3.8) is 0 Å². The lowest BCUT2D eigenvalue weighted by atomic mass is 9.96. The molecule has 0 spiro atoms. The van der Waals surface area contributed by atoms with Gasteiger partial charge in [-0.15, -0.1) is 0 Å². The van der Waals surface area contributed by atoms with E-state index in [1.807, 2.05) is 16.8 Å². The van der Waals surface area contributed by atoms with Crippen LogP contribution in [0.15, 0.2) is 41.9 Å². The van der Waals surface area contributed by atoms with E-state index in [9.17, 15) is 5.11 Å². The Morgan fingerprint density at radius 1 is 1.38 bits per heavy atom. The number of aliphatic imine (C=N–C) groups is 1. The number of hydrogen-bond acceptors (Lipinski definition) is 8. The summed E-state index contributed by atoms with van der Waals surface area (Å²) in [7, 11) is 1.53. The number of methoxy groups -OCH3 is 1. The molecule has 9 heteroatoms. The molecule has 1 N–H and O–H groups in total. The van der Waals surface area contributed by atoms with Crippen molar-refractivity contribution in [2.45, 2.75) is 32.8 Å². The van der Waals surface area contributed by atoms with Crippen LogP contribution in [-0.4, -0.2) is 58.0 Å². The van der Waals surface area contributed by atoms with Crippen LogP contribution in [0.3, 0.4) is 0 Å². The molecule has 2 aromatic heterocycles. The highest BCUT2D eigenvalue weighted by atomic mass is 16.6. The van der Waals surface area contributed by atoms with E-state index in [2.05, 4.69) is 45.6 Å². The van der Waals surface area contributed by atoms with Gasteiger partial charge in [0.25, 0.3) is 0 Å². The third kappa shape index (κ3) is 4.99. The highest BCUT2D eigenvalue weighted by Gasteiger charge is 2.23. The van der Waals surface area contributed by atoms with E-state index in [1.54, 1.807) is 12.4 Å². The van der Waals surface area contributed by atoms with Gasteiger partial charge in [-0.2, -0.15) is 5.26 Å². The lowest BCUT2D eigenvalue weighted by molar-refractivity contribution is -0.0918. The van der Waals surface area contributed by atoms with Crippen LogP contribution in [0.2, 0.25) is 0 Å². The van der Waals surface area contributed by atoms with Gasteiger partial charge in [0.2, 0.25) is 0 Å². The summed E-state index contributed by atoms with van der Waals surface area (Å²) in [4.78, 5) is 15.2. The molecule has 4 rings (SSSR count). The van der Waals surface area contributed by atoms with Gasteiger partial charge in [-0.3, -0.25) is 14.5 Å². The molecule has 0 radical (unpaired) electrons. The Kier molecular flexibility index (Phi) is 7.33. The first-order chi connectivity index (χ1) is 16.5. The van der Waals surface area contributed by atoms with Gasteiger partial charge in [0.1, 0.15) is 29.5 Å². The third-order valence-electron chi connectivity index (χ3n) is 6.15. The zero-order valence-corrected chi connectivity index (χ0v) is 19.4. The van der Waals surface area contributed by atoms with E-state index in [0.717, 1.165) is 36.3 Å². The zero-order chi connectivity index (χ0) is 24.1. The summed E-state index contributed by atoms with van der Waals surface area (Å²) >= 11 is 0. The van der Waals surface area contributed by atoms with E-state index >= 15 is 0 Å². The molecule has 1 aliphatic heterocycles. The zero-order valence-electron chi connectivity index (χ0n) is 19.4. The lowest BCUT2D eigenvalue weighted by Gasteiger charge is -2.21. The number of aliphatic hydroxyl groups excluding tert-OH is 1. The topological polar surface area (TPSA) is 109 Å². The van der Waals surface area contributed by atoms with Crippen molar-refractivity contribution in [1.29, 1.82) is 5.26 Å². The van der Waals surface area contributed by atoms with E-state index in [1.165, 1.54) is 24.4 Å². The molecule has 176 valence electrons. The molecular formula is C25H28N6O3. The fourth-order valence-corrected chi connectivity index (χ4v) is 4.15. The minimum Gasteiger partial charge on any atom is -0.495 e. The molecule has 0 amide bonds. The van der Waals surface area contributed by atoms with E-state index in [-0.39, 0.29) is 0 Å². The molecule has 1 aromatic carbocycles. The summed E-state index contributed by atoms with van der Waals surface area (Å²) in [6.07, 6.45) is 5.18. The van der Waals surface area contributed by atoms with Crippen LogP contribution in [0.4, 0.5) is 0 Å². The number of aromatic nitrogens is 3. The summed E-state index contributed by atoms with van der Waals surface area (Å²) in [5.41, 5.74) is 5.67. The monoisotopic (exact) mass is 460 g/mol. The average Bonchev–Trinajstić information content (AvgIpc) is 3.48. The van der Waals surface area contributed by atoms with Gasteiger partial charge in [-0.25, -0.2) is 9.97 Å². The van der Waals surface area contributed by atoms with Crippen molar-refractivity contribution in [1.82, 2.24) is 19.4 Å². The van der Waals surface area contributed by atoms with Crippen LogP contribution in [-0.2, 0) is 24.3 Å². The molecule has 1 atom stereocenters. The maximum Gasteiger partial charge on any atom is 0.181 e. The Bertz CT molecular complexity index is 1220. The van der Waals surface area contributed by atoms with Crippen molar-refractivity contribution in [3.05, 3.63) is 70.4 Å². The number of ether oxygens (including phenoxy) is 2. The Labute approximate surface area is 198 Å². The van der Waals surface area contributed by atoms with Gasteiger partial charge in [-0.1, -0.05) is 12.1 Å².